The fourth-order valence-electron chi connectivity index (χ4n) is 3.05. The second-order valence-corrected chi connectivity index (χ2v) is 6.06. The van der Waals surface area contributed by atoms with Gasteiger partial charge in [-0.3, -0.25) is 4.90 Å². The maximum absolute atomic E-state index is 13.1. The second-order valence-electron chi connectivity index (χ2n) is 6.06. The molecule has 1 aliphatic heterocycles. The SMILES string of the molecule is CCCC1CN(CCc2ccc(F)cc2C)C(C)CN1. The van der Waals surface area contributed by atoms with Gasteiger partial charge in [0.05, 0.1) is 0 Å². The summed E-state index contributed by atoms with van der Waals surface area (Å²) < 4.78 is 13.1. The number of benzene rings is 1. The molecule has 0 saturated carbocycles. The third kappa shape index (κ3) is 4.03. The van der Waals surface area contributed by atoms with Crippen molar-refractivity contribution in [2.45, 2.75) is 52.1 Å². The summed E-state index contributed by atoms with van der Waals surface area (Å²) in [4.78, 5) is 2.57. The van der Waals surface area contributed by atoms with Crippen LogP contribution < -0.4 is 5.32 Å². The largest absolute Gasteiger partial charge is 0.311 e. The molecule has 1 fully saturated rings. The maximum atomic E-state index is 13.1. The summed E-state index contributed by atoms with van der Waals surface area (Å²) in [5.41, 5.74) is 2.34. The Hall–Kier alpha value is -0.930. The van der Waals surface area contributed by atoms with E-state index in [9.17, 15) is 4.39 Å². The normalized spacial score (nSPS) is 24.0. The zero-order valence-electron chi connectivity index (χ0n) is 13.0. The molecule has 0 aliphatic carbocycles. The number of piperazine rings is 1. The van der Waals surface area contributed by atoms with Crippen LogP contribution in [0.15, 0.2) is 18.2 Å². The first-order chi connectivity index (χ1) is 9.60. The average molecular weight is 278 g/mol. The fraction of sp³-hybridized carbons (Fsp3) is 0.647. The molecular weight excluding hydrogens is 251 g/mol. The molecule has 0 aromatic heterocycles. The van der Waals surface area contributed by atoms with Crippen LogP contribution in [0, 0.1) is 12.7 Å². The van der Waals surface area contributed by atoms with E-state index in [1.807, 2.05) is 13.0 Å². The van der Waals surface area contributed by atoms with Crippen molar-refractivity contribution in [3.8, 4) is 0 Å². The zero-order valence-corrected chi connectivity index (χ0v) is 13.0. The lowest BCUT2D eigenvalue weighted by Gasteiger charge is -2.39. The molecule has 2 nitrogen and oxygen atoms in total. The van der Waals surface area contributed by atoms with Crippen molar-refractivity contribution in [1.82, 2.24) is 10.2 Å². The molecule has 3 heteroatoms. The Labute approximate surface area is 122 Å². The summed E-state index contributed by atoms with van der Waals surface area (Å²) in [6.45, 7) is 9.80. The first kappa shape index (κ1) is 15.5. The van der Waals surface area contributed by atoms with Crippen LogP contribution in [-0.2, 0) is 6.42 Å². The summed E-state index contributed by atoms with van der Waals surface area (Å²) in [6, 6.07) is 6.36. The van der Waals surface area contributed by atoms with Gasteiger partial charge in [0.1, 0.15) is 5.82 Å². The van der Waals surface area contributed by atoms with Crippen LogP contribution in [0.3, 0.4) is 0 Å². The highest BCUT2D eigenvalue weighted by Crippen LogP contribution is 2.14. The Bertz CT molecular complexity index is 433. The lowest BCUT2D eigenvalue weighted by atomic mass is 10.0. The monoisotopic (exact) mass is 278 g/mol. The smallest absolute Gasteiger partial charge is 0.123 e. The summed E-state index contributed by atoms with van der Waals surface area (Å²) in [6.07, 6.45) is 3.49. The third-order valence-electron chi connectivity index (χ3n) is 4.39. The van der Waals surface area contributed by atoms with Gasteiger partial charge in [0, 0.05) is 31.7 Å². The van der Waals surface area contributed by atoms with Crippen LogP contribution in [0.25, 0.3) is 0 Å². The highest BCUT2D eigenvalue weighted by Gasteiger charge is 2.23. The van der Waals surface area contributed by atoms with Crippen LogP contribution in [-0.4, -0.2) is 36.6 Å². The Morgan fingerprint density at radius 1 is 1.40 bits per heavy atom. The molecular formula is C17H27FN2. The van der Waals surface area contributed by atoms with E-state index >= 15 is 0 Å². The van der Waals surface area contributed by atoms with Crippen molar-refractivity contribution in [1.29, 1.82) is 0 Å². The first-order valence-electron chi connectivity index (χ1n) is 7.82. The predicted octanol–water partition coefficient (Wildman–Crippen LogP) is 3.14. The maximum Gasteiger partial charge on any atom is 0.123 e. The molecule has 2 rings (SSSR count). The number of hydrogen-bond acceptors (Lipinski definition) is 2. The van der Waals surface area contributed by atoms with Gasteiger partial charge in [-0.25, -0.2) is 4.39 Å². The summed E-state index contributed by atoms with van der Waals surface area (Å²) in [5, 5.41) is 3.63. The predicted molar refractivity (Wildman–Crippen MR) is 82.6 cm³/mol. The Morgan fingerprint density at radius 3 is 2.90 bits per heavy atom. The highest BCUT2D eigenvalue weighted by molar-refractivity contribution is 5.26. The summed E-state index contributed by atoms with van der Waals surface area (Å²) >= 11 is 0. The number of nitrogens with zero attached hydrogens (tertiary/aromatic N) is 1. The van der Waals surface area contributed by atoms with E-state index in [2.05, 4.69) is 24.1 Å². The van der Waals surface area contributed by atoms with Crippen LogP contribution >= 0.6 is 0 Å². The zero-order chi connectivity index (χ0) is 14.5. The minimum Gasteiger partial charge on any atom is -0.311 e. The van der Waals surface area contributed by atoms with Gasteiger partial charge < -0.3 is 5.32 Å². The highest BCUT2D eigenvalue weighted by atomic mass is 19.1. The Morgan fingerprint density at radius 2 is 2.20 bits per heavy atom. The molecule has 1 aromatic carbocycles. The van der Waals surface area contributed by atoms with Gasteiger partial charge in [-0.15, -0.1) is 0 Å². The van der Waals surface area contributed by atoms with Gasteiger partial charge >= 0.3 is 0 Å². The summed E-state index contributed by atoms with van der Waals surface area (Å²) in [7, 11) is 0. The van der Waals surface area contributed by atoms with Crippen molar-refractivity contribution in [2.24, 2.45) is 0 Å². The van der Waals surface area contributed by atoms with Crippen molar-refractivity contribution in [3.05, 3.63) is 35.1 Å². The fourth-order valence-corrected chi connectivity index (χ4v) is 3.05. The molecule has 0 amide bonds. The molecule has 1 aromatic rings. The van der Waals surface area contributed by atoms with E-state index in [0.717, 1.165) is 31.6 Å². The Kier molecular flexibility index (Phi) is 5.55. The molecule has 1 saturated heterocycles. The third-order valence-corrected chi connectivity index (χ3v) is 4.39. The quantitative estimate of drug-likeness (QED) is 0.890. The topological polar surface area (TPSA) is 15.3 Å². The van der Waals surface area contributed by atoms with Crippen molar-refractivity contribution in [3.63, 3.8) is 0 Å². The van der Waals surface area contributed by atoms with Gasteiger partial charge in [-0.1, -0.05) is 19.4 Å². The molecule has 1 aliphatic rings. The van der Waals surface area contributed by atoms with Crippen LogP contribution in [0.1, 0.15) is 37.8 Å². The molecule has 112 valence electrons. The van der Waals surface area contributed by atoms with E-state index in [4.69, 9.17) is 0 Å². The van der Waals surface area contributed by atoms with Gasteiger partial charge in [-0.05, 0) is 49.9 Å². The van der Waals surface area contributed by atoms with E-state index in [0.29, 0.717) is 12.1 Å². The minimum absolute atomic E-state index is 0.134. The molecule has 1 N–H and O–H groups in total. The summed E-state index contributed by atoms with van der Waals surface area (Å²) in [5.74, 6) is -0.134. The van der Waals surface area contributed by atoms with E-state index < -0.39 is 0 Å². The number of halogens is 1. The molecule has 0 spiro atoms. The molecule has 0 radical (unpaired) electrons. The molecule has 0 bridgehead atoms. The number of aryl methyl sites for hydroxylation is 1. The number of nitrogens with one attached hydrogen (secondary N) is 1. The van der Waals surface area contributed by atoms with E-state index in [1.165, 1.54) is 18.4 Å². The molecule has 1 heterocycles. The standard InChI is InChI=1S/C17H27FN2/c1-4-5-17-12-20(14(3)11-19-17)9-8-15-6-7-16(18)10-13(15)2/h6-7,10,14,17,19H,4-5,8-9,11-12H2,1-3H3. The van der Waals surface area contributed by atoms with Crippen molar-refractivity contribution < 1.29 is 4.39 Å². The lowest BCUT2D eigenvalue weighted by molar-refractivity contribution is 0.138. The van der Waals surface area contributed by atoms with Crippen molar-refractivity contribution >= 4 is 0 Å². The number of rotatable bonds is 5. The van der Waals surface area contributed by atoms with Crippen molar-refractivity contribution in [2.75, 3.05) is 19.6 Å². The Balaban J connectivity index is 1.91. The van der Waals surface area contributed by atoms with Gasteiger partial charge in [-0.2, -0.15) is 0 Å². The number of hydrogen-bond donors (Lipinski definition) is 1. The first-order valence-corrected chi connectivity index (χ1v) is 7.82. The molecule has 2 unspecified atom stereocenters. The average Bonchev–Trinajstić information content (AvgIpc) is 2.41. The van der Waals surface area contributed by atoms with Gasteiger partial charge in [0.15, 0.2) is 0 Å². The van der Waals surface area contributed by atoms with Crippen LogP contribution in [0.4, 0.5) is 4.39 Å². The van der Waals surface area contributed by atoms with E-state index in [-0.39, 0.29) is 5.82 Å². The molecule has 20 heavy (non-hydrogen) atoms. The van der Waals surface area contributed by atoms with Gasteiger partial charge in [0.25, 0.3) is 0 Å². The minimum atomic E-state index is -0.134. The van der Waals surface area contributed by atoms with E-state index in [1.54, 1.807) is 12.1 Å². The lowest BCUT2D eigenvalue weighted by Crippen LogP contribution is -2.55. The van der Waals surface area contributed by atoms with Crippen LogP contribution in [0.2, 0.25) is 0 Å². The van der Waals surface area contributed by atoms with Gasteiger partial charge in [0.2, 0.25) is 0 Å². The second kappa shape index (κ2) is 7.19. The van der Waals surface area contributed by atoms with Crippen LogP contribution in [0.5, 0.6) is 0 Å². The molecule has 2 atom stereocenters.